The van der Waals surface area contributed by atoms with Gasteiger partial charge < -0.3 is 10.4 Å². The SMILES string of the molecule is CC(C)CC(C)(O)CNC(C)c1ccsc1. The van der Waals surface area contributed by atoms with Crippen LogP contribution in [0.3, 0.4) is 0 Å². The van der Waals surface area contributed by atoms with Gasteiger partial charge in [-0.05, 0) is 48.6 Å². The molecule has 1 rings (SSSR count). The van der Waals surface area contributed by atoms with Crippen LogP contribution in [0.4, 0.5) is 0 Å². The Kier molecular flexibility index (Phi) is 4.96. The van der Waals surface area contributed by atoms with E-state index in [0.29, 0.717) is 18.5 Å². The number of rotatable bonds is 6. The van der Waals surface area contributed by atoms with Gasteiger partial charge in [0, 0.05) is 12.6 Å². The van der Waals surface area contributed by atoms with Crippen LogP contribution < -0.4 is 5.32 Å². The Labute approximate surface area is 103 Å². The normalized spacial score (nSPS) is 17.4. The summed E-state index contributed by atoms with van der Waals surface area (Å²) < 4.78 is 0. The summed E-state index contributed by atoms with van der Waals surface area (Å²) in [5.74, 6) is 0.522. The molecule has 0 aliphatic heterocycles. The van der Waals surface area contributed by atoms with Gasteiger partial charge in [-0.2, -0.15) is 11.3 Å². The quantitative estimate of drug-likeness (QED) is 0.801. The van der Waals surface area contributed by atoms with Crippen molar-refractivity contribution in [3.05, 3.63) is 22.4 Å². The second-order valence-electron chi connectivity index (χ2n) is 5.25. The van der Waals surface area contributed by atoms with Gasteiger partial charge in [0.25, 0.3) is 0 Å². The third-order valence-corrected chi connectivity index (χ3v) is 3.38. The minimum Gasteiger partial charge on any atom is -0.389 e. The van der Waals surface area contributed by atoms with E-state index in [1.165, 1.54) is 5.56 Å². The molecule has 3 heteroatoms. The van der Waals surface area contributed by atoms with Gasteiger partial charge in [-0.15, -0.1) is 0 Å². The molecule has 1 aromatic heterocycles. The Hall–Kier alpha value is -0.380. The molecule has 0 fully saturated rings. The summed E-state index contributed by atoms with van der Waals surface area (Å²) in [5, 5.41) is 17.8. The zero-order valence-corrected chi connectivity index (χ0v) is 11.5. The van der Waals surface area contributed by atoms with Crippen molar-refractivity contribution in [3.8, 4) is 0 Å². The highest BCUT2D eigenvalue weighted by Gasteiger charge is 2.22. The zero-order valence-electron chi connectivity index (χ0n) is 10.7. The summed E-state index contributed by atoms with van der Waals surface area (Å²) >= 11 is 1.71. The van der Waals surface area contributed by atoms with Crippen molar-refractivity contribution < 1.29 is 5.11 Å². The van der Waals surface area contributed by atoms with Crippen molar-refractivity contribution in [1.29, 1.82) is 0 Å². The first kappa shape index (κ1) is 13.7. The van der Waals surface area contributed by atoms with E-state index in [1.807, 2.05) is 6.92 Å². The lowest BCUT2D eigenvalue weighted by Gasteiger charge is -2.27. The van der Waals surface area contributed by atoms with E-state index in [1.54, 1.807) is 11.3 Å². The Morgan fingerprint density at radius 3 is 2.62 bits per heavy atom. The van der Waals surface area contributed by atoms with E-state index in [2.05, 4.69) is 42.9 Å². The zero-order chi connectivity index (χ0) is 12.2. The van der Waals surface area contributed by atoms with Gasteiger partial charge in [0.2, 0.25) is 0 Å². The molecule has 2 unspecified atom stereocenters. The van der Waals surface area contributed by atoms with Gasteiger partial charge in [0.15, 0.2) is 0 Å². The largest absolute Gasteiger partial charge is 0.389 e. The monoisotopic (exact) mass is 241 g/mol. The smallest absolute Gasteiger partial charge is 0.0746 e. The topological polar surface area (TPSA) is 32.3 Å². The number of hydrogen-bond acceptors (Lipinski definition) is 3. The maximum absolute atomic E-state index is 10.2. The minimum atomic E-state index is -0.613. The fourth-order valence-electron chi connectivity index (χ4n) is 1.96. The molecule has 0 amide bonds. The van der Waals surface area contributed by atoms with E-state index >= 15 is 0 Å². The van der Waals surface area contributed by atoms with Crippen molar-refractivity contribution in [2.24, 2.45) is 5.92 Å². The third kappa shape index (κ3) is 4.64. The summed E-state index contributed by atoms with van der Waals surface area (Å²) in [6, 6.07) is 2.43. The number of hydrogen-bond donors (Lipinski definition) is 2. The van der Waals surface area contributed by atoms with Crippen LogP contribution in [-0.4, -0.2) is 17.3 Å². The summed E-state index contributed by atoms with van der Waals surface area (Å²) in [6.45, 7) is 8.95. The van der Waals surface area contributed by atoms with Crippen LogP contribution in [0.25, 0.3) is 0 Å². The summed E-state index contributed by atoms with van der Waals surface area (Å²) in [7, 11) is 0. The maximum Gasteiger partial charge on any atom is 0.0746 e. The molecule has 0 saturated heterocycles. The van der Waals surface area contributed by atoms with E-state index in [9.17, 15) is 5.11 Å². The second kappa shape index (κ2) is 5.80. The van der Waals surface area contributed by atoms with Crippen molar-refractivity contribution in [2.45, 2.75) is 45.8 Å². The Morgan fingerprint density at radius 2 is 2.12 bits per heavy atom. The van der Waals surface area contributed by atoms with E-state index in [0.717, 1.165) is 6.42 Å². The standard InChI is InChI=1S/C13H23NOS/c1-10(2)7-13(4,15)9-14-11(3)12-5-6-16-8-12/h5-6,8,10-11,14-15H,7,9H2,1-4H3. The van der Waals surface area contributed by atoms with Crippen molar-refractivity contribution in [2.75, 3.05) is 6.54 Å². The van der Waals surface area contributed by atoms with Crippen LogP contribution in [0.15, 0.2) is 16.8 Å². The predicted molar refractivity (Wildman–Crippen MR) is 70.8 cm³/mol. The van der Waals surface area contributed by atoms with E-state index < -0.39 is 5.60 Å². The number of nitrogens with one attached hydrogen (secondary N) is 1. The van der Waals surface area contributed by atoms with Crippen LogP contribution in [0.2, 0.25) is 0 Å². The fraction of sp³-hybridized carbons (Fsp3) is 0.692. The highest BCUT2D eigenvalue weighted by molar-refractivity contribution is 7.07. The van der Waals surface area contributed by atoms with Gasteiger partial charge in [0.1, 0.15) is 0 Å². The molecule has 0 radical (unpaired) electrons. The molecule has 2 N–H and O–H groups in total. The first-order chi connectivity index (χ1) is 7.41. The molecule has 0 aromatic carbocycles. The first-order valence-corrected chi connectivity index (χ1v) is 6.83. The molecular formula is C13H23NOS. The molecule has 0 saturated carbocycles. The van der Waals surface area contributed by atoms with E-state index in [4.69, 9.17) is 0 Å². The van der Waals surface area contributed by atoms with Crippen LogP contribution in [0, 0.1) is 5.92 Å². The van der Waals surface area contributed by atoms with Gasteiger partial charge >= 0.3 is 0 Å². The molecule has 0 aliphatic rings. The van der Waals surface area contributed by atoms with Crippen molar-refractivity contribution in [3.63, 3.8) is 0 Å². The fourth-order valence-corrected chi connectivity index (χ4v) is 2.72. The molecule has 0 bridgehead atoms. The maximum atomic E-state index is 10.2. The first-order valence-electron chi connectivity index (χ1n) is 5.88. The van der Waals surface area contributed by atoms with E-state index in [-0.39, 0.29) is 0 Å². The molecule has 1 heterocycles. The lowest BCUT2D eigenvalue weighted by molar-refractivity contribution is 0.0363. The van der Waals surface area contributed by atoms with Crippen LogP contribution in [0.1, 0.15) is 45.7 Å². The molecule has 0 aliphatic carbocycles. The average molecular weight is 241 g/mol. The number of thiophene rings is 1. The Balaban J connectivity index is 2.39. The van der Waals surface area contributed by atoms with Gasteiger partial charge in [0.05, 0.1) is 5.60 Å². The molecule has 1 aromatic rings. The van der Waals surface area contributed by atoms with Gasteiger partial charge in [-0.3, -0.25) is 0 Å². The van der Waals surface area contributed by atoms with Crippen LogP contribution in [0.5, 0.6) is 0 Å². The molecule has 0 spiro atoms. The third-order valence-electron chi connectivity index (χ3n) is 2.68. The summed E-state index contributed by atoms with van der Waals surface area (Å²) in [5.41, 5.74) is 0.684. The molecule has 2 atom stereocenters. The highest BCUT2D eigenvalue weighted by atomic mass is 32.1. The lowest BCUT2D eigenvalue weighted by Crippen LogP contribution is -2.39. The summed E-state index contributed by atoms with van der Waals surface area (Å²) in [4.78, 5) is 0. The van der Waals surface area contributed by atoms with Gasteiger partial charge in [-0.25, -0.2) is 0 Å². The number of aliphatic hydroxyl groups is 1. The van der Waals surface area contributed by atoms with Crippen LogP contribution >= 0.6 is 11.3 Å². The lowest BCUT2D eigenvalue weighted by atomic mass is 9.94. The Bertz CT molecular complexity index is 293. The average Bonchev–Trinajstić information content (AvgIpc) is 2.64. The Morgan fingerprint density at radius 1 is 1.44 bits per heavy atom. The highest BCUT2D eigenvalue weighted by Crippen LogP contribution is 2.19. The summed E-state index contributed by atoms with van der Waals surface area (Å²) in [6.07, 6.45) is 0.830. The molecule has 92 valence electrons. The minimum absolute atomic E-state index is 0.310. The second-order valence-corrected chi connectivity index (χ2v) is 6.03. The predicted octanol–water partition coefficient (Wildman–Crippen LogP) is 3.20. The molecular weight excluding hydrogens is 218 g/mol. The molecule has 2 nitrogen and oxygen atoms in total. The van der Waals surface area contributed by atoms with Crippen molar-refractivity contribution >= 4 is 11.3 Å². The van der Waals surface area contributed by atoms with Gasteiger partial charge in [-0.1, -0.05) is 13.8 Å². The van der Waals surface area contributed by atoms with Crippen molar-refractivity contribution in [1.82, 2.24) is 5.32 Å². The molecule has 16 heavy (non-hydrogen) atoms. The van der Waals surface area contributed by atoms with Crippen LogP contribution in [-0.2, 0) is 0 Å².